The number of nitrogens with one attached hydrogen (secondary N) is 2. The van der Waals surface area contributed by atoms with Gasteiger partial charge in [0.15, 0.2) is 6.19 Å². The van der Waals surface area contributed by atoms with Crippen LogP contribution in [-0.4, -0.2) is 10.9 Å². The molecule has 0 radical (unpaired) electrons. The predicted molar refractivity (Wildman–Crippen MR) is 78.6 cm³/mol. The predicted octanol–water partition coefficient (Wildman–Crippen LogP) is 1.70. The number of hydrogen-bond acceptors (Lipinski definition) is 4. The number of benzene rings is 1. The summed E-state index contributed by atoms with van der Waals surface area (Å²) in [5.41, 5.74) is 8.15. The van der Waals surface area contributed by atoms with Crippen molar-refractivity contribution in [2.75, 3.05) is 11.1 Å². The van der Waals surface area contributed by atoms with E-state index in [-0.39, 0.29) is 0 Å². The maximum atomic E-state index is 8.74. The minimum absolute atomic E-state index is 0.385. The number of nitrogens with two attached hydrogens (primary N) is 1. The zero-order chi connectivity index (χ0) is 14.2. The Kier molecular flexibility index (Phi) is 4.51. The van der Waals surface area contributed by atoms with Crippen molar-refractivity contribution in [3.63, 3.8) is 0 Å². The zero-order valence-corrected chi connectivity index (χ0v) is 10.7. The third-order valence-corrected chi connectivity index (χ3v) is 2.52. The van der Waals surface area contributed by atoms with Crippen molar-refractivity contribution in [1.29, 1.82) is 5.26 Å². The van der Waals surface area contributed by atoms with Gasteiger partial charge >= 0.3 is 0 Å². The van der Waals surface area contributed by atoms with Gasteiger partial charge in [-0.2, -0.15) is 5.26 Å². The quantitative estimate of drug-likeness (QED) is 0.258. The molecular weight excluding hydrogens is 252 g/mol. The van der Waals surface area contributed by atoms with Crippen LogP contribution < -0.4 is 16.4 Å². The number of nitrogens with zero attached hydrogens (tertiary/aromatic N) is 3. The first-order valence-corrected chi connectivity index (χ1v) is 5.99. The van der Waals surface area contributed by atoms with Crippen LogP contribution >= 0.6 is 0 Å². The lowest BCUT2D eigenvalue weighted by atomic mass is 10.2. The maximum absolute atomic E-state index is 8.74. The van der Waals surface area contributed by atoms with E-state index in [2.05, 4.69) is 20.6 Å². The lowest BCUT2D eigenvalue weighted by Gasteiger charge is -2.07. The summed E-state index contributed by atoms with van der Waals surface area (Å²) in [6.07, 6.45) is 5.17. The molecule has 2 aromatic rings. The summed E-state index contributed by atoms with van der Waals surface area (Å²) in [7, 11) is 0. The van der Waals surface area contributed by atoms with Gasteiger partial charge in [-0.1, -0.05) is 12.1 Å². The Bertz CT molecular complexity index is 612. The van der Waals surface area contributed by atoms with Gasteiger partial charge in [-0.05, 0) is 29.8 Å². The fraction of sp³-hybridized carbons (Fsp3) is 0.0714. The van der Waals surface area contributed by atoms with Gasteiger partial charge in [0, 0.05) is 23.8 Å². The van der Waals surface area contributed by atoms with E-state index in [0.29, 0.717) is 18.2 Å². The van der Waals surface area contributed by atoms with Crippen LogP contribution in [0.25, 0.3) is 0 Å². The van der Waals surface area contributed by atoms with Crippen molar-refractivity contribution in [2.24, 2.45) is 4.99 Å². The number of nitrogen functional groups attached to an aromatic ring is 1. The van der Waals surface area contributed by atoms with Gasteiger partial charge in [0.25, 0.3) is 0 Å². The van der Waals surface area contributed by atoms with Gasteiger partial charge < -0.3 is 11.1 Å². The topological polar surface area (TPSA) is 99.1 Å². The van der Waals surface area contributed by atoms with Crippen LogP contribution in [0.4, 0.5) is 11.4 Å². The van der Waals surface area contributed by atoms with Crippen molar-refractivity contribution in [1.82, 2.24) is 10.3 Å². The Hall–Kier alpha value is -3.07. The molecule has 0 atom stereocenters. The monoisotopic (exact) mass is 266 g/mol. The van der Waals surface area contributed by atoms with Crippen LogP contribution in [0.1, 0.15) is 5.56 Å². The van der Waals surface area contributed by atoms with Gasteiger partial charge in [-0.3, -0.25) is 10.3 Å². The van der Waals surface area contributed by atoms with Crippen molar-refractivity contribution >= 4 is 17.3 Å². The number of pyridine rings is 1. The Morgan fingerprint density at radius 1 is 1.20 bits per heavy atom. The first-order valence-electron chi connectivity index (χ1n) is 5.99. The van der Waals surface area contributed by atoms with Crippen LogP contribution in [0, 0.1) is 11.5 Å². The summed E-state index contributed by atoms with van der Waals surface area (Å²) in [6.45, 7) is 0.447. The Morgan fingerprint density at radius 3 is 2.55 bits per heavy atom. The largest absolute Gasteiger partial charge is 0.399 e. The molecule has 1 aromatic carbocycles. The molecule has 1 heterocycles. The summed E-state index contributed by atoms with van der Waals surface area (Å²) in [6, 6.07) is 11.0. The van der Waals surface area contributed by atoms with E-state index in [1.54, 1.807) is 24.5 Å². The maximum Gasteiger partial charge on any atom is 0.209 e. The van der Waals surface area contributed by atoms with E-state index in [0.717, 1.165) is 11.3 Å². The van der Waals surface area contributed by atoms with Gasteiger partial charge in [-0.15, -0.1) is 0 Å². The van der Waals surface area contributed by atoms with Crippen molar-refractivity contribution in [3.8, 4) is 6.19 Å². The molecular formula is C14H14N6. The van der Waals surface area contributed by atoms with E-state index < -0.39 is 0 Å². The number of anilines is 2. The zero-order valence-electron chi connectivity index (χ0n) is 10.7. The molecule has 0 bridgehead atoms. The molecule has 0 aliphatic carbocycles. The molecule has 1 aromatic heterocycles. The van der Waals surface area contributed by atoms with Crippen LogP contribution in [0.3, 0.4) is 0 Å². The number of aromatic nitrogens is 1. The van der Waals surface area contributed by atoms with Crippen LogP contribution in [0.2, 0.25) is 0 Å². The number of guanidine groups is 1. The van der Waals surface area contributed by atoms with E-state index in [1.165, 1.54) is 0 Å². The van der Waals surface area contributed by atoms with Gasteiger partial charge in [0.2, 0.25) is 5.96 Å². The lowest BCUT2D eigenvalue weighted by molar-refractivity contribution is 1.04. The average Bonchev–Trinajstić information content (AvgIpc) is 2.48. The standard InChI is InChI=1S/C14H14N6/c15-10-19-14(20-13-5-7-17-8-6-13)18-9-11-1-3-12(16)4-2-11/h1-8H,9,16H2,(H2,17,18,19,20). The second-order valence-electron chi connectivity index (χ2n) is 4.00. The minimum atomic E-state index is 0.385. The summed E-state index contributed by atoms with van der Waals surface area (Å²) in [5, 5.41) is 14.3. The highest BCUT2D eigenvalue weighted by atomic mass is 15.2. The first kappa shape index (κ1) is 13.4. The summed E-state index contributed by atoms with van der Waals surface area (Å²) in [4.78, 5) is 8.24. The molecule has 0 aliphatic rings. The highest BCUT2D eigenvalue weighted by Gasteiger charge is 1.99. The number of aliphatic imine (C=N–C) groups is 1. The molecule has 0 unspecified atom stereocenters. The number of hydrogen-bond donors (Lipinski definition) is 3. The van der Waals surface area contributed by atoms with Crippen LogP contribution in [0.5, 0.6) is 0 Å². The lowest BCUT2D eigenvalue weighted by Crippen LogP contribution is -2.26. The average molecular weight is 266 g/mol. The second-order valence-corrected chi connectivity index (χ2v) is 4.00. The Balaban J connectivity index is 2.06. The third kappa shape index (κ3) is 3.99. The fourth-order valence-corrected chi connectivity index (χ4v) is 1.53. The van der Waals surface area contributed by atoms with Crippen molar-refractivity contribution in [3.05, 3.63) is 54.4 Å². The molecule has 0 aliphatic heterocycles. The normalized spacial score (nSPS) is 10.7. The van der Waals surface area contributed by atoms with Gasteiger partial charge in [-0.25, -0.2) is 4.99 Å². The highest BCUT2D eigenvalue weighted by Crippen LogP contribution is 2.07. The minimum Gasteiger partial charge on any atom is -0.399 e. The van der Waals surface area contributed by atoms with Crippen LogP contribution in [0.15, 0.2) is 53.8 Å². The van der Waals surface area contributed by atoms with Crippen molar-refractivity contribution < 1.29 is 0 Å². The Morgan fingerprint density at radius 2 is 1.90 bits per heavy atom. The smallest absolute Gasteiger partial charge is 0.209 e. The molecule has 4 N–H and O–H groups in total. The van der Waals surface area contributed by atoms with Gasteiger partial charge in [0.05, 0.1) is 6.54 Å². The fourth-order valence-electron chi connectivity index (χ4n) is 1.53. The molecule has 0 saturated heterocycles. The van der Waals surface area contributed by atoms with E-state index >= 15 is 0 Å². The number of rotatable bonds is 3. The first-order chi connectivity index (χ1) is 9.78. The molecule has 0 saturated carbocycles. The second kappa shape index (κ2) is 6.75. The summed E-state index contributed by atoms with van der Waals surface area (Å²) < 4.78 is 0. The highest BCUT2D eigenvalue weighted by molar-refractivity contribution is 5.94. The van der Waals surface area contributed by atoms with Gasteiger partial charge in [0.1, 0.15) is 0 Å². The summed E-state index contributed by atoms with van der Waals surface area (Å²) >= 11 is 0. The molecule has 100 valence electrons. The molecule has 6 heteroatoms. The van der Waals surface area contributed by atoms with Crippen molar-refractivity contribution in [2.45, 2.75) is 6.54 Å². The van der Waals surface area contributed by atoms with Crippen LogP contribution in [-0.2, 0) is 6.54 Å². The van der Waals surface area contributed by atoms with E-state index in [9.17, 15) is 0 Å². The van der Waals surface area contributed by atoms with E-state index in [1.807, 2.05) is 30.5 Å². The van der Waals surface area contributed by atoms with E-state index in [4.69, 9.17) is 11.0 Å². The molecule has 0 amide bonds. The summed E-state index contributed by atoms with van der Waals surface area (Å²) in [5.74, 6) is 0.385. The molecule has 20 heavy (non-hydrogen) atoms. The Labute approximate surface area is 117 Å². The molecule has 6 nitrogen and oxygen atoms in total. The number of nitriles is 1. The third-order valence-electron chi connectivity index (χ3n) is 2.52. The molecule has 0 spiro atoms. The SMILES string of the molecule is N#CNC(=NCc1ccc(N)cc1)Nc1ccncc1. The molecule has 2 rings (SSSR count). The molecule has 0 fully saturated rings.